The van der Waals surface area contributed by atoms with Gasteiger partial charge in [-0.3, -0.25) is 9.59 Å². The number of carbonyl (C=O) groups is 2. The minimum atomic E-state index is -4.43. The lowest BCUT2D eigenvalue weighted by Crippen LogP contribution is -2.32. The lowest BCUT2D eigenvalue weighted by atomic mass is 10.1. The van der Waals surface area contributed by atoms with Gasteiger partial charge < -0.3 is 10.6 Å². The Balaban J connectivity index is 2.02. The van der Waals surface area contributed by atoms with Gasteiger partial charge in [0.25, 0.3) is 0 Å². The summed E-state index contributed by atoms with van der Waals surface area (Å²) in [6.07, 6.45) is -4.04. The van der Waals surface area contributed by atoms with E-state index in [9.17, 15) is 22.8 Å². The van der Waals surface area contributed by atoms with E-state index >= 15 is 0 Å². The number of nitrogens with two attached hydrogens (primary N) is 1. The third kappa shape index (κ3) is 3.74. The van der Waals surface area contributed by atoms with Gasteiger partial charge in [0.15, 0.2) is 0 Å². The Labute approximate surface area is 119 Å². The van der Waals surface area contributed by atoms with Gasteiger partial charge in [0.05, 0.1) is 17.9 Å². The first-order chi connectivity index (χ1) is 9.77. The van der Waals surface area contributed by atoms with E-state index in [1.807, 2.05) is 0 Å². The van der Waals surface area contributed by atoms with Gasteiger partial charge in [0.2, 0.25) is 11.8 Å². The monoisotopic (exact) mass is 300 g/mol. The van der Waals surface area contributed by atoms with E-state index < -0.39 is 17.6 Å². The highest BCUT2D eigenvalue weighted by Crippen LogP contribution is 2.29. The molecule has 2 N–H and O–H groups in total. The maximum absolute atomic E-state index is 12.6. The molecule has 0 aromatic heterocycles. The van der Waals surface area contributed by atoms with Crippen molar-refractivity contribution in [1.82, 2.24) is 4.90 Å². The van der Waals surface area contributed by atoms with Crippen LogP contribution < -0.4 is 5.73 Å². The topological polar surface area (TPSA) is 63.4 Å². The summed E-state index contributed by atoms with van der Waals surface area (Å²) in [6.45, 7) is 0.651. The quantitative estimate of drug-likeness (QED) is 0.921. The number of alkyl halides is 3. The zero-order valence-electron chi connectivity index (χ0n) is 11.2. The number of carbonyl (C=O) groups excluding carboxylic acids is 2. The van der Waals surface area contributed by atoms with E-state index in [2.05, 4.69) is 0 Å². The van der Waals surface area contributed by atoms with Crippen LogP contribution in [0.25, 0.3) is 0 Å². The first-order valence-electron chi connectivity index (χ1n) is 6.50. The Morgan fingerprint density at radius 3 is 2.62 bits per heavy atom. The van der Waals surface area contributed by atoms with Gasteiger partial charge in [-0.2, -0.15) is 13.2 Å². The van der Waals surface area contributed by atoms with Crippen molar-refractivity contribution in [1.29, 1.82) is 0 Å². The van der Waals surface area contributed by atoms with Crippen LogP contribution in [0.4, 0.5) is 13.2 Å². The Morgan fingerprint density at radius 2 is 2.05 bits per heavy atom. The average molecular weight is 300 g/mol. The zero-order valence-corrected chi connectivity index (χ0v) is 11.2. The van der Waals surface area contributed by atoms with Crippen molar-refractivity contribution in [2.45, 2.75) is 19.0 Å². The summed E-state index contributed by atoms with van der Waals surface area (Å²) in [5, 5.41) is 0. The van der Waals surface area contributed by atoms with Gasteiger partial charge in [0, 0.05) is 13.1 Å². The largest absolute Gasteiger partial charge is 0.416 e. The number of rotatable bonds is 3. The van der Waals surface area contributed by atoms with Gasteiger partial charge in [-0.25, -0.2) is 0 Å². The van der Waals surface area contributed by atoms with Crippen LogP contribution in [0, 0.1) is 5.92 Å². The highest BCUT2D eigenvalue weighted by Gasteiger charge is 2.32. The van der Waals surface area contributed by atoms with Gasteiger partial charge in [-0.1, -0.05) is 18.2 Å². The third-order valence-corrected chi connectivity index (χ3v) is 3.55. The Bertz CT molecular complexity index is 557. The molecule has 0 bridgehead atoms. The van der Waals surface area contributed by atoms with E-state index in [0.29, 0.717) is 18.5 Å². The van der Waals surface area contributed by atoms with Crippen LogP contribution in [0.3, 0.4) is 0 Å². The Morgan fingerprint density at radius 1 is 1.33 bits per heavy atom. The number of primary amides is 1. The van der Waals surface area contributed by atoms with Crippen LogP contribution >= 0.6 is 0 Å². The van der Waals surface area contributed by atoms with Crippen LogP contribution in [0.5, 0.6) is 0 Å². The van der Waals surface area contributed by atoms with Gasteiger partial charge >= 0.3 is 6.18 Å². The lowest BCUT2D eigenvalue weighted by Gasteiger charge is -2.16. The van der Waals surface area contributed by atoms with E-state index in [1.165, 1.54) is 17.0 Å². The predicted molar refractivity (Wildman–Crippen MR) is 69.0 cm³/mol. The molecule has 1 saturated heterocycles. The molecule has 0 radical (unpaired) electrons. The molecule has 1 aliphatic heterocycles. The second-order valence-corrected chi connectivity index (χ2v) is 5.10. The molecule has 0 spiro atoms. The molecule has 1 aliphatic rings. The summed E-state index contributed by atoms with van der Waals surface area (Å²) in [5.41, 5.74) is 4.71. The van der Waals surface area contributed by atoms with Gasteiger partial charge in [-0.05, 0) is 18.1 Å². The van der Waals surface area contributed by atoms with E-state index in [0.717, 1.165) is 12.1 Å². The van der Waals surface area contributed by atoms with Crippen molar-refractivity contribution in [2.24, 2.45) is 11.7 Å². The maximum atomic E-state index is 12.6. The van der Waals surface area contributed by atoms with Crippen molar-refractivity contribution >= 4 is 11.8 Å². The van der Waals surface area contributed by atoms with Crippen LogP contribution in [0.1, 0.15) is 17.5 Å². The van der Waals surface area contributed by atoms with E-state index in [1.54, 1.807) is 0 Å². The molecule has 7 heteroatoms. The highest BCUT2D eigenvalue weighted by atomic mass is 19.4. The van der Waals surface area contributed by atoms with Crippen molar-refractivity contribution in [2.75, 3.05) is 13.1 Å². The molecule has 114 valence electrons. The van der Waals surface area contributed by atoms with Crippen LogP contribution in [-0.4, -0.2) is 29.8 Å². The molecule has 1 fully saturated rings. The number of hydrogen-bond acceptors (Lipinski definition) is 2. The molecule has 0 saturated carbocycles. The molecule has 1 heterocycles. The van der Waals surface area contributed by atoms with Crippen LogP contribution in [0.15, 0.2) is 24.3 Å². The van der Waals surface area contributed by atoms with Crippen molar-refractivity contribution in [3.05, 3.63) is 35.4 Å². The molecule has 2 amide bonds. The number of likely N-dealkylation sites (tertiary alicyclic amines) is 1. The number of hydrogen-bond donors (Lipinski definition) is 1. The molecule has 4 nitrogen and oxygen atoms in total. The Kier molecular flexibility index (Phi) is 4.20. The second-order valence-electron chi connectivity index (χ2n) is 5.10. The van der Waals surface area contributed by atoms with Crippen LogP contribution in [-0.2, 0) is 22.2 Å². The number of amides is 2. The summed E-state index contributed by atoms with van der Waals surface area (Å²) in [4.78, 5) is 24.5. The summed E-state index contributed by atoms with van der Waals surface area (Å²) in [7, 11) is 0. The number of halogens is 3. The molecule has 21 heavy (non-hydrogen) atoms. The molecule has 1 aromatic rings. The molecule has 1 unspecified atom stereocenters. The zero-order chi connectivity index (χ0) is 15.6. The maximum Gasteiger partial charge on any atom is 0.416 e. The van der Waals surface area contributed by atoms with Crippen molar-refractivity contribution in [3.8, 4) is 0 Å². The molecule has 2 rings (SSSR count). The second kappa shape index (κ2) is 5.75. The highest BCUT2D eigenvalue weighted by molar-refractivity contribution is 5.82. The summed E-state index contributed by atoms with van der Waals surface area (Å²) < 4.78 is 37.8. The van der Waals surface area contributed by atoms with Crippen molar-refractivity contribution in [3.63, 3.8) is 0 Å². The van der Waals surface area contributed by atoms with Gasteiger partial charge in [0.1, 0.15) is 0 Å². The Hall–Kier alpha value is -2.05. The number of nitrogens with zero attached hydrogens (tertiary/aromatic N) is 1. The molecule has 0 aliphatic carbocycles. The summed E-state index contributed by atoms with van der Waals surface area (Å²) in [5.74, 6) is -1.11. The van der Waals surface area contributed by atoms with E-state index in [4.69, 9.17) is 5.73 Å². The minimum Gasteiger partial charge on any atom is -0.369 e. The van der Waals surface area contributed by atoms with Crippen LogP contribution in [0.2, 0.25) is 0 Å². The number of benzene rings is 1. The normalized spacial score (nSPS) is 18.8. The minimum absolute atomic E-state index is 0.116. The third-order valence-electron chi connectivity index (χ3n) is 3.55. The predicted octanol–water partition coefficient (Wildman–Crippen LogP) is 1.58. The summed E-state index contributed by atoms with van der Waals surface area (Å²) in [6, 6.07) is 4.70. The molecular weight excluding hydrogens is 285 g/mol. The average Bonchev–Trinajstić information content (AvgIpc) is 2.88. The van der Waals surface area contributed by atoms with E-state index in [-0.39, 0.29) is 24.8 Å². The fraction of sp³-hybridized carbons (Fsp3) is 0.429. The first kappa shape index (κ1) is 15.3. The van der Waals surface area contributed by atoms with Gasteiger partial charge in [-0.15, -0.1) is 0 Å². The molecule has 1 aromatic carbocycles. The summed E-state index contributed by atoms with van der Waals surface area (Å²) >= 11 is 0. The lowest BCUT2D eigenvalue weighted by molar-refractivity contribution is -0.138. The molecular formula is C14H15F3N2O2. The first-order valence-corrected chi connectivity index (χ1v) is 6.50. The fourth-order valence-corrected chi connectivity index (χ4v) is 2.36. The molecule has 1 atom stereocenters. The van der Waals surface area contributed by atoms with Crippen molar-refractivity contribution < 1.29 is 22.8 Å². The fourth-order valence-electron chi connectivity index (χ4n) is 2.36. The smallest absolute Gasteiger partial charge is 0.369 e. The SMILES string of the molecule is NC(=O)C1CCN(C(=O)Cc2cccc(C(F)(F)F)c2)C1. The standard InChI is InChI=1S/C14H15F3N2O2/c15-14(16,17)11-3-1-2-9(6-11)7-12(20)19-5-4-10(8-19)13(18)21/h1-3,6,10H,4-5,7-8H2,(H2,18,21).